The Hall–Kier alpha value is 0.100. The molecule has 1 aliphatic rings. The van der Waals surface area contributed by atoms with E-state index in [-0.39, 0.29) is 53.5 Å². The molecule has 1 aliphatic carbocycles. The fourth-order valence-electron chi connectivity index (χ4n) is 4.26. The van der Waals surface area contributed by atoms with Gasteiger partial charge in [-0.2, -0.15) is 10.5 Å². The average Bonchev–Trinajstić information content (AvgIpc) is 3.47. The molecular formula is C27H29BrI2N5NaS2. The van der Waals surface area contributed by atoms with Crippen LogP contribution in [-0.4, -0.2) is 23.1 Å². The zero-order valence-electron chi connectivity index (χ0n) is 21.8. The van der Waals surface area contributed by atoms with E-state index in [4.69, 9.17) is 10.5 Å². The van der Waals surface area contributed by atoms with Crippen molar-refractivity contribution in [2.24, 2.45) is 5.92 Å². The molecule has 196 valence electrons. The number of fused-ring (bicyclic) bond motifs is 2. The fraction of sp³-hybridized carbons (Fsp3) is 0.407. The summed E-state index contributed by atoms with van der Waals surface area (Å²) in [6.45, 7) is 2.31. The monoisotopic (exact) mass is 843 g/mol. The minimum atomic E-state index is 0. The molecule has 0 unspecified atom stereocenters. The van der Waals surface area contributed by atoms with E-state index in [1.807, 2.05) is 24.3 Å². The van der Waals surface area contributed by atoms with E-state index in [1.54, 1.807) is 22.7 Å². The quantitative estimate of drug-likeness (QED) is 0.252. The van der Waals surface area contributed by atoms with Crippen LogP contribution in [0.25, 0.3) is 20.4 Å². The number of nitriles is 2. The molecule has 1 N–H and O–H groups in total. The number of nitrogens with zero attached hydrogens (tertiary/aromatic N) is 4. The summed E-state index contributed by atoms with van der Waals surface area (Å²) in [4.78, 5) is 8.68. The van der Waals surface area contributed by atoms with E-state index in [2.05, 4.69) is 92.0 Å². The Kier molecular flexibility index (Phi) is 18.3. The Morgan fingerprint density at radius 2 is 1.53 bits per heavy atom. The summed E-state index contributed by atoms with van der Waals surface area (Å²) in [5.74, 6) is 0.957. The molecule has 2 atom stereocenters. The summed E-state index contributed by atoms with van der Waals surface area (Å²) in [6, 6.07) is 17.1. The molecule has 0 radical (unpaired) electrons. The number of hydrogen-bond acceptors (Lipinski definition) is 7. The maximum atomic E-state index is 8.51. The number of aromatic nitrogens is 2. The first kappa shape index (κ1) is 36.1. The van der Waals surface area contributed by atoms with E-state index in [1.165, 1.54) is 35.7 Å². The zero-order valence-corrected chi connectivity index (χ0v) is 31.3. The number of benzene rings is 2. The average molecular weight is 844 g/mol. The normalized spacial score (nSPS) is 15.9. The first-order chi connectivity index (χ1) is 17.5. The Labute approximate surface area is 294 Å². The second kappa shape index (κ2) is 19.3. The van der Waals surface area contributed by atoms with Gasteiger partial charge in [-0.05, 0) is 84.8 Å². The molecule has 2 aromatic heterocycles. The summed E-state index contributed by atoms with van der Waals surface area (Å²) in [6.07, 6.45) is 7.90. The maximum Gasteiger partial charge on any atom is 1.00 e. The second-order valence-corrected chi connectivity index (χ2v) is 12.8. The van der Waals surface area contributed by atoms with Crippen LogP contribution in [0.4, 0.5) is 0 Å². The summed E-state index contributed by atoms with van der Waals surface area (Å²) < 4.78 is 4.49. The molecule has 0 spiro atoms. The van der Waals surface area contributed by atoms with Gasteiger partial charge in [0.25, 0.3) is 0 Å². The first-order valence-corrected chi connectivity index (χ1v) is 15.5. The minimum Gasteiger partial charge on any atom is -1.00 e. The summed E-state index contributed by atoms with van der Waals surface area (Å²) in [5, 5.41) is 22.2. The van der Waals surface area contributed by atoms with Crippen molar-refractivity contribution in [2.45, 2.75) is 57.9 Å². The fourth-order valence-corrected chi connectivity index (χ4v) is 6.84. The first-order valence-electron chi connectivity index (χ1n) is 12.0. The van der Waals surface area contributed by atoms with Gasteiger partial charge in [0.2, 0.25) is 0 Å². The van der Waals surface area contributed by atoms with Gasteiger partial charge in [0.15, 0.2) is 0 Å². The summed E-state index contributed by atoms with van der Waals surface area (Å²) in [5.41, 5.74) is 1.96. The summed E-state index contributed by atoms with van der Waals surface area (Å²) >= 11 is 8.81. The van der Waals surface area contributed by atoms with Crippen LogP contribution in [0, 0.1) is 32.2 Å². The zero-order chi connectivity index (χ0) is 25.9. The number of halogens is 3. The Balaban J connectivity index is 0.000000281. The molecule has 2 aromatic carbocycles. The largest absolute Gasteiger partial charge is 1.00 e. The van der Waals surface area contributed by atoms with Crippen molar-refractivity contribution in [3.63, 3.8) is 0 Å². The van der Waals surface area contributed by atoms with Gasteiger partial charge in [-0.3, -0.25) is 0 Å². The van der Waals surface area contributed by atoms with Crippen LogP contribution in [-0.2, 0) is 12.8 Å². The number of rotatable bonds is 4. The van der Waals surface area contributed by atoms with Crippen LogP contribution >= 0.6 is 61.2 Å². The minimum absolute atomic E-state index is 0. The number of hydrogen-bond donors (Lipinski definition) is 1. The Morgan fingerprint density at radius 3 is 2.05 bits per heavy atom. The Morgan fingerprint density at radius 1 is 0.974 bits per heavy atom. The van der Waals surface area contributed by atoms with Crippen molar-refractivity contribution in [1.29, 1.82) is 10.5 Å². The van der Waals surface area contributed by atoms with Crippen LogP contribution in [0.5, 0.6) is 0 Å². The predicted molar refractivity (Wildman–Crippen MR) is 163 cm³/mol. The topological polar surface area (TPSA) is 85.4 Å². The van der Waals surface area contributed by atoms with Crippen molar-refractivity contribution in [3.8, 4) is 12.1 Å². The molecule has 5 nitrogen and oxygen atoms in total. The maximum absolute atomic E-state index is 8.51. The molecule has 0 bridgehead atoms. The molecule has 0 aliphatic heterocycles. The van der Waals surface area contributed by atoms with Gasteiger partial charge in [0, 0.05) is 14.1 Å². The van der Waals surface area contributed by atoms with Gasteiger partial charge in [0.05, 0.1) is 45.4 Å². The molecule has 1 fully saturated rings. The third-order valence-electron chi connectivity index (χ3n) is 6.05. The molecule has 38 heavy (non-hydrogen) atoms. The number of thiazole rings is 2. The molecule has 4 aromatic rings. The van der Waals surface area contributed by atoms with Crippen LogP contribution in [0.3, 0.4) is 0 Å². The van der Waals surface area contributed by atoms with Gasteiger partial charge in [0.1, 0.15) is 10.0 Å². The molecule has 0 amide bonds. The molecule has 5 rings (SSSR count). The van der Waals surface area contributed by atoms with Gasteiger partial charge in [-0.15, -0.1) is 22.7 Å². The SMILES string of the molecule is CC[C@H]1CCCC[C@@H]1NC.N#CCc1nc2cc(Br)ccc2s1.N#CCc1nc2cc(I)ccc2s1.[I-].[Na+]. The second-order valence-electron chi connectivity index (χ2n) is 8.46. The molecule has 1 saturated carbocycles. The molecule has 2 heterocycles. The van der Waals surface area contributed by atoms with Crippen molar-refractivity contribution in [1.82, 2.24) is 15.3 Å². The van der Waals surface area contributed by atoms with Crippen molar-refractivity contribution >= 4 is 81.6 Å². The van der Waals surface area contributed by atoms with Crippen LogP contribution in [0.2, 0.25) is 0 Å². The van der Waals surface area contributed by atoms with Gasteiger partial charge >= 0.3 is 29.6 Å². The smallest absolute Gasteiger partial charge is 1.00 e. The van der Waals surface area contributed by atoms with Gasteiger partial charge in [-0.1, -0.05) is 42.1 Å². The Bertz CT molecular complexity index is 1260. The van der Waals surface area contributed by atoms with Crippen LogP contribution < -0.4 is 58.9 Å². The van der Waals surface area contributed by atoms with Crippen molar-refractivity contribution in [2.75, 3.05) is 7.05 Å². The van der Waals surface area contributed by atoms with E-state index >= 15 is 0 Å². The van der Waals surface area contributed by atoms with Crippen molar-refractivity contribution < 1.29 is 53.5 Å². The van der Waals surface area contributed by atoms with E-state index in [9.17, 15) is 0 Å². The van der Waals surface area contributed by atoms with Gasteiger partial charge in [-0.25, -0.2) is 9.97 Å². The van der Waals surface area contributed by atoms with Gasteiger partial charge < -0.3 is 29.3 Å². The van der Waals surface area contributed by atoms with Crippen LogP contribution in [0.15, 0.2) is 40.9 Å². The third kappa shape index (κ3) is 11.2. The molecule has 11 heteroatoms. The van der Waals surface area contributed by atoms with E-state index < -0.39 is 0 Å². The third-order valence-corrected chi connectivity index (χ3v) is 9.29. The standard InChI is InChI=1S/C9H5BrN2S.C9H5IN2S.C9H19N.HI.Na/c2*10-6-1-2-8-7(5-6)12-9(13-8)3-4-11;1-3-8-6-4-5-7-9(8)10-2;;/h2*1-2,5H,3H2;8-10H,3-7H2,1-2H3;1H;/q;;;;+1/p-1/t;;8-,9-;;/m..0../s1. The van der Waals surface area contributed by atoms with E-state index in [0.717, 1.165) is 46.9 Å². The number of nitrogens with one attached hydrogen (secondary N) is 1. The van der Waals surface area contributed by atoms with Crippen LogP contribution in [0.1, 0.15) is 49.0 Å². The molecular weight excluding hydrogens is 815 g/mol. The summed E-state index contributed by atoms with van der Waals surface area (Å²) in [7, 11) is 2.10. The molecule has 0 saturated heterocycles. The van der Waals surface area contributed by atoms with Crippen molar-refractivity contribution in [3.05, 3.63) is 54.5 Å². The predicted octanol–water partition coefficient (Wildman–Crippen LogP) is 2.27. The van der Waals surface area contributed by atoms with E-state index in [0.29, 0.717) is 12.8 Å².